The summed E-state index contributed by atoms with van der Waals surface area (Å²) in [5.74, 6) is 0.783. The molecule has 0 aliphatic carbocycles. The molecule has 0 radical (unpaired) electrons. The number of hydrogen-bond donors (Lipinski definition) is 2. The Kier molecular flexibility index (Phi) is 7.80. The normalized spacial score (nSPS) is 15.1. The van der Waals surface area contributed by atoms with Crippen molar-refractivity contribution in [1.29, 1.82) is 0 Å². The van der Waals surface area contributed by atoms with Gasteiger partial charge in [-0.05, 0) is 42.5 Å². The minimum atomic E-state index is 0.0840. The molecule has 1 unspecified atom stereocenters. The van der Waals surface area contributed by atoms with Crippen LogP contribution < -0.4 is 10.6 Å². The van der Waals surface area contributed by atoms with Gasteiger partial charge in [-0.1, -0.05) is 25.1 Å². The maximum atomic E-state index is 12.6. The first kappa shape index (κ1) is 20.7. The molecule has 1 aromatic heterocycles. The van der Waals surface area contributed by atoms with E-state index in [1.54, 1.807) is 11.3 Å². The smallest absolute Gasteiger partial charge is 0.244 e. The molecule has 7 heteroatoms. The number of hydrogen-bond acceptors (Lipinski definition) is 4. The highest BCUT2D eigenvalue weighted by molar-refractivity contribution is 8.00. The molecule has 5 nitrogen and oxygen atoms in total. The van der Waals surface area contributed by atoms with Crippen LogP contribution in [-0.2, 0) is 17.8 Å². The number of thiophene rings is 1. The average Bonchev–Trinajstić information content (AvgIpc) is 3.18. The molecule has 2 aromatic rings. The monoisotopic (exact) mass is 416 g/mol. The molecule has 1 aliphatic heterocycles. The molecular formula is C21H28N4OS2. The van der Waals surface area contributed by atoms with E-state index in [4.69, 9.17) is 0 Å². The van der Waals surface area contributed by atoms with Gasteiger partial charge in [-0.15, -0.1) is 23.1 Å². The average molecular weight is 417 g/mol. The molecule has 0 spiro atoms. The molecule has 2 N–H and O–H groups in total. The summed E-state index contributed by atoms with van der Waals surface area (Å²) in [6.45, 7) is 7.44. The van der Waals surface area contributed by atoms with Crippen molar-refractivity contribution in [2.45, 2.75) is 37.0 Å². The number of amides is 1. The number of nitrogens with one attached hydrogen (secondary N) is 2. The zero-order valence-electron chi connectivity index (χ0n) is 16.5. The van der Waals surface area contributed by atoms with E-state index in [1.165, 1.54) is 15.3 Å². The van der Waals surface area contributed by atoms with Crippen molar-refractivity contribution in [1.82, 2.24) is 15.5 Å². The molecule has 0 saturated heterocycles. The van der Waals surface area contributed by atoms with Gasteiger partial charge in [0.15, 0.2) is 5.96 Å². The largest absolute Gasteiger partial charge is 0.357 e. The summed E-state index contributed by atoms with van der Waals surface area (Å²) in [6.07, 6.45) is 0.953. The van der Waals surface area contributed by atoms with Crippen LogP contribution in [0, 0.1) is 0 Å². The van der Waals surface area contributed by atoms with Gasteiger partial charge in [0, 0.05) is 41.2 Å². The molecule has 2 heterocycles. The third kappa shape index (κ3) is 6.01. The Morgan fingerprint density at radius 1 is 1.29 bits per heavy atom. The van der Waals surface area contributed by atoms with Crippen molar-refractivity contribution in [2.75, 3.05) is 26.2 Å². The van der Waals surface area contributed by atoms with Crippen LogP contribution in [0.25, 0.3) is 0 Å². The van der Waals surface area contributed by atoms with Crippen LogP contribution in [0.1, 0.15) is 24.3 Å². The molecule has 1 amide bonds. The van der Waals surface area contributed by atoms with Gasteiger partial charge in [0.1, 0.15) is 6.54 Å². The maximum Gasteiger partial charge on any atom is 0.244 e. The second kappa shape index (κ2) is 10.5. The molecule has 1 atom stereocenters. The number of rotatable bonds is 7. The second-order valence-electron chi connectivity index (χ2n) is 6.75. The minimum Gasteiger partial charge on any atom is -0.357 e. The Morgan fingerprint density at radius 2 is 2.11 bits per heavy atom. The van der Waals surface area contributed by atoms with E-state index in [-0.39, 0.29) is 12.5 Å². The summed E-state index contributed by atoms with van der Waals surface area (Å²) in [6, 6.07) is 12.5. The lowest BCUT2D eigenvalue weighted by atomic mass is 10.1. The van der Waals surface area contributed by atoms with Crippen molar-refractivity contribution in [3.63, 3.8) is 0 Å². The Balaban J connectivity index is 1.48. The van der Waals surface area contributed by atoms with Gasteiger partial charge in [0.2, 0.25) is 5.91 Å². The molecule has 0 fully saturated rings. The molecule has 1 aromatic carbocycles. The van der Waals surface area contributed by atoms with E-state index < -0.39 is 0 Å². The van der Waals surface area contributed by atoms with Crippen LogP contribution in [0.3, 0.4) is 0 Å². The third-order valence-electron chi connectivity index (χ3n) is 4.51. The fourth-order valence-corrected chi connectivity index (χ4v) is 4.90. The van der Waals surface area contributed by atoms with E-state index in [0.29, 0.717) is 17.8 Å². The van der Waals surface area contributed by atoms with Crippen molar-refractivity contribution in [3.05, 3.63) is 52.2 Å². The van der Waals surface area contributed by atoms with Crippen LogP contribution >= 0.6 is 23.1 Å². The summed E-state index contributed by atoms with van der Waals surface area (Å²) in [5.41, 5.74) is 1.28. The van der Waals surface area contributed by atoms with Crippen molar-refractivity contribution in [3.8, 4) is 0 Å². The van der Waals surface area contributed by atoms with E-state index in [2.05, 4.69) is 58.3 Å². The third-order valence-corrected chi connectivity index (χ3v) is 6.65. The lowest BCUT2D eigenvalue weighted by Crippen LogP contribution is -2.42. The standard InChI is InChI=1S/C21H28N4OS2/c1-3-22-21(23-13-16(2)28-18-7-5-4-6-8-18)24-14-20(26)25-11-9-19-17(15-25)10-12-27-19/h4-8,10,12,16H,3,9,11,13-15H2,1-2H3,(H2,22,23,24). The van der Waals surface area contributed by atoms with Crippen molar-refractivity contribution >= 4 is 35.0 Å². The Labute approximate surface area is 175 Å². The first-order valence-electron chi connectivity index (χ1n) is 9.72. The number of aliphatic imine (C=N–C) groups is 1. The van der Waals surface area contributed by atoms with Gasteiger partial charge >= 0.3 is 0 Å². The van der Waals surface area contributed by atoms with Gasteiger partial charge in [0.05, 0.1) is 0 Å². The van der Waals surface area contributed by atoms with E-state index in [1.807, 2.05) is 29.7 Å². The zero-order chi connectivity index (χ0) is 19.8. The number of guanidine groups is 1. The predicted octanol–water partition coefficient (Wildman–Crippen LogP) is 3.37. The molecule has 28 heavy (non-hydrogen) atoms. The second-order valence-corrected chi connectivity index (χ2v) is 9.26. The SMILES string of the molecule is CCNC(=NCC(=O)N1CCc2sccc2C1)NCC(C)Sc1ccccc1. The van der Waals surface area contributed by atoms with E-state index in [0.717, 1.165) is 26.1 Å². The van der Waals surface area contributed by atoms with Crippen LogP contribution in [0.2, 0.25) is 0 Å². The first-order chi connectivity index (χ1) is 13.7. The van der Waals surface area contributed by atoms with Crippen LogP contribution in [0.4, 0.5) is 0 Å². The van der Waals surface area contributed by atoms with Crippen molar-refractivity contribution < 1.29 is 4.79 Å². The molecule has 3 rings (SSSR count). The van der Waals surface area contributed by atoms with Crippen LogP contribution in [-0.4, -0.2) is 48.2 Å². The topological polar surface area (TPSA) is 56.7 Å². The summed E-state index contributed by atoms with van der Waals surface area (Å²) in [4.78, 5) is 21.7. The number of nitrogens with zero attached hydrogens (tertiary/aromatic N) is 2. The highest BCUT2D eigenvalue weighted by Crippen LogP contribution is 2.24. The van der Waals surface area contributed by atoms with Gasteiger partial charge in [-0.3, -0.25) is 4.79 Å². The fourth-order valence-electron chi connectivity index (χ4n) is 3.06. The van der Waals surface area contributed by atoms with Gasteiger partial charge in [-0.25, -0.2) is 4.99 Å². The van der Waals surface area contributed by atoms with Gasteiger partial charge in [-0.2, -0.15) is 0 Å². The lowest BCUT2D eigenvalue weighted by Gasteiger charge is -2.26. The van der Waals surface area contributed by atoms with Crippen LogP contribution in [0.5, 0.6) is 0 Å². The molecule has 1 aliphatic rings. The van der Waals surface area contributed by atoms with Crippen LogP contribution in [0.15, 0.2) is 51.7 Å². The van der Waals surface area contributed by atoms with Crippen molar-refractivity contribution in [2.24, 2.45) is 4.99 Å². The molecular weight excluding hydrogens is 388 g/mol. The van der Waals surface area contributed by atoms with Gasteiger partial charge in [0.25, 0.3) is 0 Å². The number of carbonyl (C=O) groups excluding carboxylic acids is 1. The van der Waals surface area contributed by atoms with Gasteiger partial charge < -0.3 is 15.5 Å². The Hall–Kier alpha value is -1.99. The minimum absolute atomic E-state index is 0.0840. The summed E-state index contributed by atoms with van der Waals surface area (Å²) < 4.78 is 0. The molecule has 150 valence electrons. The fraction of sp³-hybridized carbons (Fsp3) is 0.429. The molecule has 0 bridgehead atoms. The summed E-state index contributed by atoms with van der Waals surface area (Å²) in [7, 11) is 0. The predicted molar refractivity (Wildman–Crippen MR) is 119 cm³/mol. The first-order valence-corrected chi connectivity index (χ1v) is 11.5. The quantitative estimate of drug-likeness (QED) is 0.413. The number of benzene rings is 1. The number of fused-ring (bicyclic) bond motifs is 1. The Bertz CT molecular complexity index is 791. The number of thioether (sulfide) groups is 1. The maximum absolute atomic E-state index is 12.6. The number of carbonyl (C=O) groups is 1. The highest BCUT2D eigenvalue weighted by atomic mass is 32.2. The lowest BCUT2D eigenvalue weighted by molar-refractivity contribution is -0.130. The zero-order valence-corrected chi connectivity index (χ0v) is 18.1. The molecule has 0 saturated carbocycles. The summed E-state index contributed by atoms with van der Waals surface area (Å²) in [5, 5.41) is 9.09. The Morgan fingerprint density at radius 3 is 2.89 bits per heavy atom. The highest BCUT2D eigenvalue weighted by Gasteiger charge is 2.21. The van der Waals surface area contributed by atoms with E-state index >= 15 is 0 Å². The van der Waals surface area contributed by atoms with E-state index in [9.17, 15) is 4.79 Å². The summed E-state index contributed by atoms with van der Waals surface area (Å²) >= 11 is 3.61.